The molecule has 0 bridgehead atoms. The minimum absolute atomic E-state index is 0.0228. The number of nitrogens with one attached hydrogen (secondary N) is 1. The summed E-state index contributed by atoms with van der Waals surface area (Å²) in [5, 5.41) is 17.5. The van der Waals surface area contributed by atoms with Crippen molar-refractivity contribution in [2.75, 3.05) is 11.9 Å². The Balaban J connectivity index is 1.79. The number of ether oxygens (including phenoxy) is 1. The zero-order valence-electron chi connectivity index (χ0n) is 15.3. The Bertz CT molecular complexity index is 1050. The van der Waals surface area contributed by atoms with Crippen molar-refractivity contribution in [3.8, 4) is 10.4 Å². The molecule has 1 aromatic carbocycles. The zero-order chi connectivity index (χ0) is 20.8. The van der Waals surface area contributed by atoms with Crippen LogP contribution in [0.15, 0.2) is 53.2 Å². The van der Waals surface area contributed by atoms with Gasteiger partial charge in [0.15, 0.2) is 0 Å². The van der Waals surface area contributed by atoms with Gasteiger partial charge in [-0.2, -0.15) is 0 Å². The number of thiophene rings is 2. The van der Waals surface area contributed by atoms with E-state index in [9.17, 15) is 19.7 Å². The number of hydrogen-bond acceptors (Lipinski definition) is 7. The zero-order valence-corrected chi connectivity index (χ0v) is 16.9. The fourth-order valence-corrected chi connectivity index (χ4v) is 4.28. The maximum atomic E-state index is 12.5. The predicted octanol–water partition coefficient (Wildman–Crippen LogP) is 5.21. The van der Waals surface area contributed by atoms with Gasteiger partial charge < -0.3 is 10.1 Å². The van der Waals surface area contributed by atoms with Crippen molar-refractivity contribution in [1.82, 2.24) is 0 Å². The molecule has 0 aliphatic heterocycles. The summed E-state index contributed by atoms with van der Waals surface area (Å²) >= 11 is 2.74. The molecule has 9 heteroatoms. The number of nitrogens with zero attached hydrogens (tertiary/aromatic N) is 1. The number of nitro groups is 1. The molecule has 7 nitrogen and oxygen atoms in total. The van der Waals surface area contributed by atoms with Gasteiger partial charge in [0.25, 0.3) is 5.69 Å². The van der Waals surface area contributed by atoms with Gasteiger partial charge >= 0.3 is 5.97 Å². The van der Waals surface area contributed by atoms with E-state index in [1.54, 1.807) is 19.1 Å². The minimum atomic E-state index is -0.494. The number of nitro benzene ring substituents is 1. The molecule has 0 unspecified atom stereocenters. The van der Waals surface area contributed by atoms with Gasteiger partial charge in [0.1, 0.15) is 10.6 Å². The van der Waals surface area contributed by atoms with Crippen LogP contribution in [0.3, 0.4) is 0 Å². The second-order valence-corrected chi connectivity index (χ2v) is 7.55. The van der Waals surface area contributed by atoms with Crippen LogP contribution in [0, 0.1) is 10.1 Å². The first-order valence-electron chi connectivity index (χ1n) is 8.55. The lowest BCUT2D eigenvalue weighted by Gasteiger charge is -2.06. The molecule has 1 amide bonds. The van der Waals surface area contributed by atoms with Gasteiger partial charge in [-0.05, 0) is 42.1 Å². The maximum absolute atomic E-state index is 12.5. The summed E-state index contributed by atoms with van der Waals surface area (Å²) in [4.78, 5) is 35.9. The Hall–Kier alpha value is -3.30. The highest BCUT2D eigenvalue weighted by molar-refractivity contribution is 7.17. The maximum Gasteiger partial charge on any atom is 0.341 e. The van der Waals surface area contributed by atoms with Gasteiger partial charge in [-0.1, -0.05) is 6.07 Å². The number of esters is 1. The van der Waals surface area contributed by atoms with E-state index in [4.69, 9.17) is 4.74 Å². The van der Waals surface area contributed by atoms with Crippen molar-refractivity contribution in [3.05, 3.63) is 74.5 Å². The highest BCUT2D eigenvalue weighted by Crippen LogP contribution is 2.38. The normalized spacial score (nSPS) is 10.8. The molecule has 0 aliphatic carbocycles. The third-order valence-electron chi connectivity index (χ3n) is 3.83. The molecule has 29 heavy (non-hydrogen) atoms. The first-order chi connectivity index (χ1) is 14.0. The molecule has 2 aromatic heterocycles. The standard InChI is InChI=1S/C20H16N2O5S2/c1-2-27-20(24)18-15(16-4-3-11-28-16)12-29-19(18)21-17(23)10-7-13-5-8-14(9-6-13)22(25)26/h3-12H,2H2,1H3,(H,21,23)/b10-7+. The van der Waals surface area contributed by atoms with Gasteiger partial charge in [-0.25, -0.2) is 4.79 Å². The molecule has 0 spiro atoms. The number of rotatable bonds is 7. The number of non-ortho nitro benzene ring substituents is 1. The van der Waals surface area contributed by atoms with Crippen molar-refractivity contribution < 1.29 is 19.2 Å². The smallest absolute Gasteiger partial charge is 0.341 e. The quantitative estimate of drug-likeness (QED) is 0.241. The third kappa shape index (κ3) is 4.95. The van der Waals surface area contributed by atoms with Crippen molar-refractivity contribution in [3.63, 3.8) is 0 Å². The van der Waals surface area contributed by atoms with Gasteiger partial charge in [-0.15, -0.1) is 22.7 Å². The van der Waals surface area contributed by atoms with Gasteiger partial charge in [0, 0.05) is 34.0 Å². The predicted molar refractivity (Wildman–Crippen MR) is 114 cm³/mol. The van der Waals surface area contributed by atoms with Crippen LogP contribution in [0.2, 0.25) is 0 Å². The van der Waals surface area contributed by atoms with E-state index in [2.05, 4.69) is 5.32 Å². The number of amides is 1. The molecule has 0 aliphatic rings. The van der Waals surface area contributed by atoms with Crippen LogP contribution in [0.25, 0.3) is 16.5 Å². The summed E-state index contributed by atoms with van der Waals surface area (Å²) < 4.78 is 5.16. The van der Waals surface area contributed by atoms with Crippen molar-refractivity contribution in [2.45, 2.75) is 6.92 Å². The fraction of sp³-hybridized carbons (Fsp3) is 0.100. The molecule has 0 fully saturated rings. The van der Waals surface area contributed by atoms with E-state index in [0.717, 1.165) is 10.4 Å². The highest BCUT2D eigenvalue weighted by atomic mass is 32.1. The Morgan fingerprint density at radius 1 is 1.21 bits per heavy atom. The molecule has 2 heterocycles. The summed E-state index contributed by atoms with van der Waals surface area (Å²) in [5.74, 6) is -0.916. The number of benzene rings is 1. The van der Waals surface area contributed by atoms with E-state index >= 15 is 0 Å². The SMILES string of the molecule is CCOC(=O)c1c(-c2cccs2)csc1NC(=O)/C=C/c1ccc([N+](=O)[O-])cc1. The number of hydrogen-bond donors (Lipinski definition) is 1. The molecule has 0 atom stereocenters. The first kappa shape index (κ1) is 20.4. The summed E-state index contributed by atoms with van der Waals surface area (Å²) in [5.41, 5.74) is 1.67. The monoisotopic (exact) mass is 428 g/mol. The minimum Gasteiger partial charge on any atom is -0.462 e. The first-order valence-corrected chi connectivity index (χ1v) is 10.3. The lowest BCUT2D eigenvalue weighted by molar-refractivity contribution is -0.384. The summed E-state index contributed by atoms with van der Waals surface area (Å²) in [6.45, 7) is 1.95. The Kier molecular flexibility index (Phi) is 6.53. The van der Waals surface area contributed by atoms with E-state index in [-0.39, 0.29) is 12.3 Å². The van der Waals surface area contributed by atoms with E-state index in [0.29, 0.717) is 16.1 Å². The second kappa shape index (κ2) is 9.26. The van der Waals surface area contributed by atoms with E-state index in [1.165, 1.54) is 47.0 Å². The lowest BCUT2D eigenvalue weighted by Crippen LogP contribution is -2.12. The average Bonchev–Trinajstić information content (AvgIpc) is 3.36. The van der Waals surface area contributed by atoms with Crippen LogP contribution in [0.4, 0.5) is 10.7 Å². The lowest BCUT2D eigenvalue weighted by atomic mass is 10.1. The summed E-state index contributed by atoms with van der Waals surface area (Å²) in [6.07, 6.45) is 2.84. The van der Waals surface area contributed by atoms with Gasteiger partial charge in [0.05, 0.1) is 11.5 Å². The molecule has 0 radical (unpaired) electrons. The molecule has 1 N–H and O–H groups in total. The fourth-order valence-electron chi connectivity index (χ4n) is 2.50. The molecule has 3 rings (SSSR count). The number of anilines is 1. The molecule has 0 saturated heterocycles. The summed E-state index contributed by atoms with van der Waals surface area (Å²) in [6, 6.07) is 9.61. The summed E-state index contributed by atoms with van der Waals surface area (Å²) in [7, 11) is 0. The molecular weight excluding hydrogens is 412 g/mol. The molecular formula is C20H16N2O5S2. The van der Waals surface area contributed by atoms with Crippen LogP contribution in [-0.4, -0.2) is 23.4 Å². The van der Waals surface area contributed by atoms with Crippen LogP contribution in [0.5, 0.6) is 0 Å². The highest BCUT2D eigenvalue weighted by Gasteiger charge is 2.22. The largest absolute Gasteiger partial charge is 0.462 e. The average molecular weight is 428 g/mol. The number of carbonyl (C=O) groups is 2. The Morgan fingerprint density at radius 3 is 2.59 bits per heavy atom. The van der Waals surface area contributed by atoms with Crippen LogP contribution in [0.1, 0.15) is 22.8 Å². The molecule has 3 aromatic rings. The Labute approximate surface area is 174 Å². The number of carbonyl (C=O) groups excluding carboxylic acids is 2. The Morgan fingerprint density at radius 2 is 1.97 bits per heavy atom. The topological polar surface area (TPSA) is 98.5 Å². The van der Waals surface area contributed by atoms with E-state index < -0.39 is 16.8 Å². The van der Waals surface area contributed by atoms with Crippen LogP contribution < -0.4 is 5.32 Å². The second-order valence-electron chi connectivity index (χ2n) is 5.72. The van der Waals surface area contributed by atoms with Gasteiger partial charge in [-0.3, -0.25) is 14.9 Å². The van der Waals surface area contributed by atoms with Crippen molar-refractivity contribution in [1.29, 1.82) is 0 Å². The van der Waals surface area contributed by atoms with Crippen LogP contribution in [-0.2, 0) is 9.53 Å². The van der Waals surface area contributed by atoms with Crippen molar-refractivity contribution >= 4 is 51.3 Å². The van der Waals surface area contributed by atoms with Gasteiger partial charge in [0.2, 0.25) is 5.91 Å². The molecule has 148 valence electrons. The van der Waals surface area contributed by atoms with E-state index in [1.807, 2.05) is 22.9 Å². The third-order valence-corrected chi connectivity index (χ3v) is 5.62. The molecule has 0 saturated carbocycles. The van der Waals surface area contributed by atoms with Crippen molar-refractivity contribution in [2.24, 2.45) is 0 Å². The van der Waals surface area contributed by atoms with Crippen LogP contribution >= 0.6 is 22.7 Å².